The molecule has 1 fully saturated rings. The largest absolute Gasteiger partial charge is 0.492 e. The van der Waals surface area contributed by atoms with Crippen molar-refractivity contribution in [3.05, 3.63) is 29.8 Å². The molecule has 0 spiro atoms. The number of nitrogens with two attached hydrogens (primary N) is 1. The minimum atomic E-state index is -0.112. The van der Waals surface area contributed by atoms with E-state index in [9.17, 15) is 4.79 Å². The number of nitrogens with zero attached hydrogens (tertiary/aromatic N) is 1. The van der Waals surface area contributed by atoms with Crippen LogP contribution in [0.3, 0.4) is 0 Å². The highest BCUT2D eigenvalue weighted by Crippen LogP contribution is 2.24. The van der Waals surface area contributed by atoms with Gasteiger partial charge in [-0.15, -0.1) is 0 Å². The third-order valence-electron chi connectivity index (χ3n) is 4.05. The standard InChI is InChI=1S/C16H24N2O3/c1-12-10-18(11-14(12)16(19)20-2)7-8-21-15-6-4-3-5-13(15)9-17/h3-6,12,14H,7-11,17H2,1-2H3. The van der Waals surface area contributed by atoms with Crippen LogP contribution in [0.1, 0.15) is 12.5 Å². The third kappa shape index (κ3) is 3.95. The number of carbonyl (C=O) groups excluding carboxylic acids is 1. The molecule has 1 aliphatic heterocycles. The fourth-order valence-electron chi connectivity index (χ4n) is 2.81. The summed E-state index contributed by atoms with van der Waals surface area (Å²) in [6.45, 7) is 5.61. The van der Waals surface area contributed by atoms with E-state index in [1.54, 1.807) is 0 Å². The average Bonchev–Trinajstić information content (AvgIpc) is 2.88. The van der Waals surface area contributed by atoms with Crippen LogP contribution in [0.5, 0.6) is 5.75 Å². The molecular formula is C16H24N2O3. The maximum absolute atomic E-state index is 11.7. The predicted octanol–water partition coefficient (Wildman–Crippen LogP) is 1.26. The van der Waals surface area contributed by atoms with E-state index < -0.39 is 0 Å². The fourth-order valence-corrected chi connectivity index (χ4v) is 2.81. The lowest BCUT2D eigenvalue weighted by atomic mass is 9.99. The summed E-state index contributed by atoms with van der Waals surface area (Å²) >= 11 is 0. The van der Waals surface area contributed by atoms with Gasteiger partial charge in [-0.1, -0.05) is 25.1 Å². The first kappa shape index (κ1) is 15.8. The van der Waals surface area contributed by atoms with Gasteiger partial charge in [0.2, 0.25) is 0 Å². The number of benzene rings is 1. The molecule has 1 aromatic carbocycles. The SMILES string of the molecule is COC(=O)C1CN(CCOc2ccccc2CN)CC1C. The van der Waals surface area contributed by atoms with Gasteiger partial charge in [0.25, 0.3) is 0 Å². The van der Waals surface area contributed by atoms with E-state index in [1.807, 2.05) is 24.3 Å². The highest BCUT2D eigenvalue weighted by molar-refractivity contribution is 5.73. The molecule has 0 saturated carbocycles. The number of rotatable bonds is 6. The second-order valence-electron chi connectivity index (χ2n) is 5.53. The molecule has 5 heteroatoms. The second-order valence-corrected chi connectivity index (χ2v) is 5.53. The summed E-state index contributed by atoms with van der Waals surface area (Å²) in [7, 11) is 1.45. The van der Waals surface area contributed by atoms with Gasteiger partial charge < -0.3 is 15.2 Å². The van der Waals surface area contributed by atoms with Crippen LogP contribution >= 0.6 is 0 Å². The van der Waals surface area contributed by atoms with Gasteiger partial charge in [-0.05, 0) is 12.0 Å². The average molecular weight is 292 g/mol. The Morgan fingerprint density at radius 2 is 2.14 bits per heavy atom. The van der Waals surface area contributed by atoms with Gasteiger partial charge in [0.15, 0.2) is 0 Å². The maximum atomic E-state index is 11.7. The molecule has 2 atom stereocenters. The topological polar surface area (TPSA) is 64.8 Å². The van der Waals surface area contributed by atoms with Crippen molar-refractivity contribution in [3.63, 3.8) is 0 Å². The molecule has 0 aromatic heterocycles. The smallest absolute Gasteiger partial charge is 0.310 e. The van der Waals surface area contributed by atoms with E-state index in [1.165, 1.54) is 7.11 Å². The van der Waals surface area contributed by atoms with Crippen LogP contribution in [-0.2, 0) is 16.1 Å². The summed E-state index contributed by atoms with van der Waals surface area (Å²) < 4.78 is 10.7. The van der Waals surface area contributed by atoms with Crippen molar-refractivity contribution in [1.29, 1.82) is 0 Å². The zero-order valence-electron chi connectivity index (χ0n) is 12.7. The highest BCUT2D eigenvalue weighted by Gasteiger charge is 2.35. The molecule has 0 aliphatic carbocycles. The number of hydrogen-bond donors (Lipinski definition) is 1. The van der Waals surface area contributed by atoms with Crippen molar-refractivity contribution >= 4 is 5.97 Å². The van der Waals surface area contributed by atoms with Crippen molar-refractivity contribution < 1.29 is 14.3 Å². The first-order valence-electron chi connectivity index (χ1n) is 7.36. The van der Waals surface area contributed by atoms with Gasteiger partial charge in [0.1, 0.15) is 12.4 Å². The molecule has 0 bridgehead atoms. The van der Waals surface area contributed by atoms with Crippen molar-refractivity contribution in [3.8, 4) is 5.75 Å². The molecule has 2 N–H and O–H groups in total. The molecular weight excluding hydrogens is 268 g/mol. The van der Waals surface area contributed by atoms with E-state index in [-0.39, 0.29) is 11.9 Å². The van der Waals surface area contributed by atoms with E-state index in [0.717, 1.165) is 30.9 Å². The van der Waals surface area contributed by atoms with Crippen molar-refractivity contribution in [1.82, 2.24) is 4.90 Å². The van der Waals surface area contributed by atoms with Crippen LogP contribution in [0.2, 0.25) is 0 Å². The summed E-state index contributed by atoms with van der Waals surface area (Å²) in [6, 6.07) is 7.81. The zero-order chi connectivity index (χ0) is 15.2. The van der Waals surface area contributed by atoms with Crippen LogP contribution in [0, 0.1) is 11.8 Å². The lowest BCUT2D eigenvalue weighted by molar-refractivity contribution is -0.146. The second kappa shape index (κ2) is 7.43. The molecule has 2 rings (SSSR count). The number of ether oxygens (including phenoxy) is 2. The molecule has 1 saturated heterocycles. The lowest BCUT2D eigenvalue weighted by Gasteiger charge is -2.17. The molecule has 116 valence electrons. The highest BCUT2D eigenvalue weighted by atomic mass is 16.5. The summed E-state index contributed by atoms with van der Waals surface area (Å²) in [6.07, 6.45) is 0. The molecule has 0 amide bonds. The fraction of sp³-hybridized carbons (Fsp3) is 0.562. The molecule has 5 nitrogen and oxygen atoms in total. The zero-order valence-corrected chi connectivity index (χ0v) is 12.7. The number of para-hydroxylation sites is 1. The van der Waals surface area contributed by atoms with E-state index >= 15 is 0 Å². The molecule has 1 aliphatic rings. The molecule has 21 heavy (non-hydrogen) atoms. The lowest BCUT2D eigenvalue weighted by Crippen LogP contribution is -2.28. The summed E-state index contributed by atoms with van der Waals surface area (Å²) in [5.41, 5.74) is 6.70. The number of hydrogen-bond acceptors (Lipinski definition) is 5. The Balaban J connectivity index is 1.81. The normalized spacial score (nSPS) is 22.2. The Morgan fingerprint density at radius 1 is 1.38 bits per heavy atom. The Hall–Kier alpha value is -1.59. The van der Waals surface area contributed by atoms with Gasteiger partial charge in [0.05, 0.1) is 13.0 Å². The predicted molar refractivity (Wildman–Crippen MR) is 80.9 cm³/mol. The number of esters is 1. The summed E-state index contributed by atoms with van der Waals surface area (Å²) in [4.78, 5) is 13.9. The minimum absolute atomic E-state index is 0.0219. The van der Waals surface area contributed by atoms with Crippen LogP contribution in [0.25, 0.3) is 0 Å². The van der Waals surface area contributed by atoms with Crippen LogP contribution in [-0.4, -0.2) is 44.2 Å². The van der Waals surface area contributed by atoms with Gasteiger partial charge in [-0.25, -0.2) is 0 Å². The Bertz CT molecular complexity index is 478. The van der Waals surface area contributed by atoms with Crippen LogP contribution < -0.4 is 10.5 Å². The number of methoxy groups -OCH3 is 1. The molecule has 1 aromatic rings. The first-order valence-corrected chi connectivity index (χ1v) is 7.36. The minimum Gasteiger partial charge on any atom is -0.492 e. The van der Waals surface area contributed by atoms with Crippen molar-refractivity contribution in [2.24, 2.45) is 17.6 Å². The third-order valence-corrected chi connectivity index (χ3v) is 4.05. The molecule has 0 radical (unpaired) electrons. The Kier molecular flexibility index (Phi) is 5.59. The maximum Gasteiger partial charge on any atom is 0.310 e. The van der Waals surface area contributed by atoms with Gasteiger partial charge >= 0.3 is 5.97 Å². The van der Waals surface area contributed by atoms with Gasteiger partial charge in [-0.2, -0.15) is 0 Å². The van der Waals surface area contributed by atoms with E-state index in [4.69, 9.17) is 15.2 Å². The summed E-state index contributed by atoms with van der Waals surface area (Å²) in [5.74, 6) is 1.04. The molecule has 2 unspecified atom stereocenters. The quantitative estimate of drug-likeness (QED) is 0.800. The van der Waals surface area contributed by atoms with Crippen molar-refractivity contribution in [2.45, 2.75) is 13.5 Å². The first-order chi connectivity index (χ1) is 10.2. The Morgan fingerprint density at radius 3 is 2.86 bits per heavy atom. The number of carbonyl (C=O) groups is 1. The van der Waals surface area contributed by atoms with Gasteiger partial charge in [0, 0.05) is 31.7 Å². The number of likely N-dealkylation sites (tertiary alicyclic amines) is 1. The van der Waals surface area contributed by atoms with Crippen LogP contribution in [0.4, 0.5) is 0 Å². The Labute approximate surface area is 126 Å². The van der Waals surface area contributed by atoms with Crippen LogP contribution in [0.15, 0.2) is 24.3 Å². The molecule has 1 heterocycles. The summed E-state index contributed by atoms with van der Waals surface area (Å²) in [5, 5.41) is 0. The van der Waals surface area contributed by atoms with Gasteiger partial charge in [-0.3, -0.25) is 9.69 Å². The van der Waals surface area contributed by atoms with E-state index in [0.29, 0.717) is 19.1 Å². The van der Waals surface area contributed by atoms with Crippen molar-refractivity contribution in [2.75, 3.05) is 33.4 Å². The van der Waals surface area contributed by atoms with E-state index in [2.05, 4.69) is 11.8 Å². The monoisotopic (exact) mass is 292 g/mol.